The summed E-state index contributed by atoms with van der Waals surface area (Å²) in [5.74, 6) is -0.990. The summed E-state index contributed by atoms with van der Waals surface area (Å²) in [6, 6.07) is 5.46. The van der Waals surface area contributed by atoms with E-state index in [-0.39, 0.29) is 5.69 Å². The van der Waals surface area contributed by atoms with Crippen LogP contribution in [0.3, 0.4) is 0 Å². The van der Waals surface area contributed by atoms with Crippen LogP contribution in [0.15, 0.2) is 30.6 Å². The van der Waals surface area contributed by atoms with E-state index in [1.807, 2.05) is 19.1 Å². The lowest BCUT2D eigenvalue weighted by Gasteiger charge is -2.03. The van der Waals surface area contributed by atoms with Gasteiger partial charge in [-0.2, -0.15) is 5.10 Å². The van der Waals surface area contributed by atoms with E-state index in [0.717, 1.165) is 17.7 Å². The van der Waals surface area contributed by atoms with E-state index in [1.54, 1.807) is 23.1 Å². The second kappa shape index (κ2) is 4.78. The van der Waals surface area contributed by atoms with Crippen LogP contribution in [-0.4, -0.2) is 25.8 Å². The van der Waals surface area contributed by atoms with E-state index in [2.05, 4.69) is 10.1 Å². The largest absolute Gasteiger partial charge is 0.476 e. The Bertz CT molecular complexity index is 520. The highest BCUT2D eigenvalue weighted by Gasteiger charge is 2.10. The first-order chi connectivity index (χ1) is 8.16. The second-order valence-electron chi connectivity index (χ2n) is 3.80. The molecule has 0 radical (unpaired) electrons. The molecule has 0 spiro atoms. The first-order valence-corrected chi connectivity index (χ1v) is 5.33. The van der Waals surface area contributed by atoms with Crippen LogP contribution in [0.25, 0.3) is 0 Å². The number of aromatic carboxylic acids is 1. The highest BCUT2D eigenvalue weighted by Crippen LogP contribution is 2.06. The van der Waals surface area contributed by atoms with Crippen LogP contribution >= 0.6 is 0 Å². The predicted molar refractivity (Wildman–Crippen MR) is 61.9 cm³/mol. The van der Waals surface area contributed by atoms with Gasteiger partial charge in [0.15, 0.2) is 5.69 Å². The van der Waals surface area contributed by atoms with Gasteiger partial charge in [0.2, 0.25) is 0 Å². The zero-order chi connectivity index (χ0) is 12.3. The molecule has 0 aliphatic heterocycles. The molecule has 17 heavy (non-hydrogen) atoms. The van der Waals surface area contributed by atoms with Crippen molar-refractivity contribution in [1.82, 2.24) is 14.8 Å². The minimum atomic E-state index is -0.990. The fourth-order valence-corrected chi connectivity index (χ4v) is 1.63. The van der Waals surface area contributed by atoms with Crippen molar-refractivity contribution in [2.45, 2.75) is 19.9 Å². The molecule has 0 amide bonds. The van der Waals surface area contributed by atoms with Crippen molar-refractivity contribution in [3.63, 3.8) is 0 Å². The third kappa shape index (κ3) is 2.69. The van der Waals surface area contributed by atoms with Crippen LogP contribution in [-0.2, 0) is 13.0 Å². The Morgan fingerprint density at radius 1 is 1.41 bits per heavy atom. The Morgan fingerprint density at radius 3 is 2.71 bits per heavy atom. The van der Waals surface area contributed by atoms with Crippen LogP contribution in [0, 0.1) is 6.92 Å². The van der Waals surface area contributed by atoms with E-state index >= 15 is 0 Å². The molecule has 0 bridgehead atoms. The van der Waals surface area contributed by atoms with Gasteiger partial charge in [0.1, 0.15) is 0 Å². The predicted octanol–water partition coefficient (Wildman–Crippen LogP) is 1.53. The zero-order valence-corrected chi connectivity index (χ0v) is 9.50. The Kier molecular flexibility index (Phi) is 3.18. The highest BCUT2D eigenvalue weighted by molar-refractivity contribution is 5.85. The van der Waals surface area contributed by atoms with Crippen LogP contribution < -0.4 is 0 Å². The summed E-state index contributed by atoms with van der Waals surface area (Å²) in [6.45, 7) is 2.52. The number of hydrogen-bond donors (Lipinski definition) is 1. The lowest BCUT2D eigenvalue weighted by molar-refractivity contribution is 0.0689. The molecule has 2 aromatic rings. The topological polar surface area (TPSA) is 68.0 Å². The maximum atomic E-state index is 10.8. The van der Waals surface area contributed by atoms with Crippen molar-refractivity contribution in [2.75, 3.05) is 0 Å². The first-order valence-electron chi connectivity index (χ1n) is 5.33. The fraction of sp³-hybridized carbons (Fsp3) is 0.250. The van der Waals surface area contributed by atoms with E-state index in [4.69, 9.17) is 5.11 Å². The van der Waals surface area contributed by atoms with Gasteiger partial charge in [0.05, 0.1) is 0 Å². The zero-order valence-electron chi connectivity index (χ0n) is 9.50. The minimum Gasteiger partial charge on any atom is -0.476 e. The lowest BCUT2D eigenvalue weighted by Crippen LogP contribution is -2.06. The number of nitrogens with zero attached hydrogens (tertiary/aromatic N) is 3. The van der Waals surface area contributed by atoms with Gasteiger partial charge < -0.3 is 5.11 Å². The minimum absolute atomic E-state index is 0.0947. The molecule has 5 nitrogen and oxygen atoms in total. The summed E-state index contributed by atoms with van der Waals surface area (Å²) in [7, 11) is 0. The second-order valence-corrected chi connectivity index (χ2v) is 3.80. The number of carboxylic acid groups (broad SMARTS) is 1. The normalized spacial score (nSPS) is 10.4. The Balaban J connectivity index is 2.07. The number of aromatic nitrogens is 3. The molecule has 0 aliphatic carbocycles. The molecule has 0 aromatic carbocycles. The summed E-state index contributed by atoms with van der Waals surface area (Å²) < 4.78 is 1.71. The molecule has 0 saturated carbocycles. The Labute approximate surface area is 98.7 Å². The van der Waals surface area contributed by atoms with Gasteiger partial charge in [-0.1, -0.05) is 0 Å². The Morgan fingerprint density at radius 2 is 2.12 bits per heavy atom. The third-order valence-corrected chi connectivity index (χ3v) is 2.56. The molecular formula is C12H13N3O2. The molecule has 0 saturated heterocycles. The molecule has 2 rings (SSSR count). The average Bonchev–Trinajstić information content (AvgIpc) is 2.70. The van der Waals surface area contributed by atoms with E-state index in [0.29, 0.717) is 6.54 Å². The molecule has 1 N–H and O–H groups in total. The molecule has 0 unspecified atom stereocenters. The number of carboxylic acids is 1. The molecule has 2 aromatic heterocycles. The molecule has 5 heteroatoms. The van der Waals surface area contributed by atoms with Crippen molar-refractivity contribution in [1.29, 1.82) is 0 Å². The monoisotopic (exact) mass is 231 g/mol. The maximum absolute atomic E-state index is 10.8. The summed E-state index contributed by atoms with van der Waals surface area (Å²) in [5, 5.41) is 12.8. The van der Waals surface area contributed by atoms with Gasteiger partial charge in [-0.05, 0) is 37.1 Å². The van der Waals surface area contributed by atoms with Crippen LogP contribution in [0.1, 0.15) is 21.7 Å². The number of aryl methyl sites for hydroxylation is 3. The number of carbonyl (C=O) groups is 1. The summed E-state index contributed by atoms with van der Waals surface area (Å²) >= 11 is 0. The van der Waals surface area contributed by atoms with Gasteiger partial charge >= 0.3 is 5.97 Å². The lowest BCUT2D eigenvalue weighted by atomic mass is 10.2. The molecule has 0 aliphatic rings. The van der Waals surface area contributed by atoms with Gasteiger partial charge in [-0.15, -0.1) is 0 Å². The maximum Gasteiger partial charge on any atom is 0.356 e. The number of pyridine rings is 1. The molecular weight excluding hydrogens is 218 g/mol. The summed E-state index contributed by atoms with van der Waals surface area (Å²) in [5.41, 5.74) is 2.11. The molecule has 2 heterocycles. The average molecular weight is 231 g/mol. The smallest absolute Gasteiger partial charge is 0.356 e. The highest BCUT2D eigenvalue weighted by atomic mass is 16.4. The number of rotatable bonds is 4. The SMILES string of the molecule is Cc1cc(C(=O)O)nn1CCc1ccncc1. The van der Waals surface area contributed by atoms with Crippen LogP contribution in [0.5, 0.6) is 0 Å². The van der Waals surface area contributed by atoms with Crippen molar-refractivity contribution in [2.24, 2.45) is 0 Å². The molecule has 0 fully saturated rings. The van der Waals surface area contributed by atoms with Crippen molar-refractivity contribution in [3.05, 3.63) is 47.5 Å². The van der Waals surface area contributed by atoms with Gasteiger partial charge in [-0.3, -0.25) is 9.67 Å². The Hall–Kier alpha value is -2.17. The van der Waals surface area contributed by atoms with Gasteiger partial charge in [-0.25, -0.2) is 4.79 Å². The summed E-state index contributed by atoms with van der Waals surface area (Å²) in [6.07, 6.45) is 4.30. The summed E-state index contributed by atoms with van der Waals surface area (Å²) in [4.78, 5) is 14.7. The number of hydrogen-bond acceptors (Lipinski definition) is 3. The van der Waals surface area contributed by atoms with E-state index < -0.39 is 5.97 Å². The quantitative estimate of drug-likeness (QED) is 0.866. The molecule has 88 valence electrons. The van der Waals surface area contributed by atoms with Gasteiger partial charge in [0, 0.05) is 24.6 Å². The standard InChI is InChI=1S/C12H13N3O2/c1-9-8-11(12(16)17)14-15(9)7-4-10-2-5-13-6-3-10/h2-3,5-6,8H,4,7H2,1H3,(H,16,17). The van der Waals surface area contributed by atoms with Gasteiger partial charge in [0.25, 0.3) is 0 Å². The van der Waals surface area contributed by atoms with Crippen molar-refractivity contribution < 1.29 is 9.90 Å². The van der Waals surface area contributed by atoms with Crippen molar-refractivity contribution >= 4 is 5.97 Å². The van der Waals surface area contributed by atoms with E-state index in [1.165, 1.54) is 0 Å². The molecule has 0 atom stereocenters. The van der Waals surface area contributed by atoms with E-state index in [9.17, 15) is 4.79 Å². The van der Waals surface area contributed by atoms with Crippen LogP contribution in [0.4, 0.5) is 0 Å². The fourth-order valence-electron chi connectivity index (χ4n) is 1.63. The van der Waals surface area contributed by atoms with Crippen molar-refractivity contribution in [3.8, 4) is 0 Å². The van der Waals surface area contributed by atoms with Crippen LogP contribution in [0.2, 0.25) is 0 Å². The third-order valence-electron chi connectivity index (χ3n) is 2.56. The first kappa shape index (κ1) is 11.3.